The maximum atomic E-state index is 11.1. The van der Waals surface area contributed by atoms with Crippen LogP contribution in [0.3, 0.4) is 0 Å². The third-order valence-electron chi connectivity index (χ3n) is 2.98. The van der Waals surface area contributed by atoms with Crippen LogP contribution >= 0.6 is 23.2 Å². The van der Waals surface area contributed by atoms with Gasteiger partial charge in [0.15, 0.2) is 12.0 Å². The van der Waals surface area contributed by atoms with Crippen LogP contribution < -0.4 is 0 Å². The molecule has 0 aliphatic rings. The second-order valence-electron chi connectivity index (χ2n) is 4.98. The molecular formula is C14H15Cl2N3O. The van der Waals surface area contributed by atoms with Gasteiger partial charge < -0.3 is 0 Å². The molecule has 2 aromatic rings. The van der Waals surface area contributed by atoms with Gasteiger partial charge in [-0.2, -0.15) is 0 Å². The van der Waals surface area contributed by atoms with Crippen LogP contribution in [-0.2, 0) is 6.54 Å². The van der Waals surface area contributed by atoms with Crippen molar-refractivity contribution in [2.45, 2.75) is 26.8 Å². The Morgan fingerprint density at radius 3 is 2.65 bits per heavy atom. The molecule has 0 amide bonds. The molecule has 0 bridgehead atoms. The average Bonchev–Trinajstić information content (AvgIpc) is 2.82. The van der Waals surface area contributed by atoms with Gasteiger partial charge in [0.2, 0.25) is 0 Å². The Morgan fingerprint density at radius 2 is 2.05 bits per heavy atom. The topological polar surface area (TPSA) is 47.8 Å². The number of rotatable bonds is 5. The third-order valence-corrected chi connectivity index (χ3v) is 3.72. The lowest BCUT2D eigenvalue weighted by Crippen LogP contribution is -2.05. The SMILES string of the molecule is CC(C)CCn1nnc(C=O)c1-c1ccc(Cl)c(Cl)c1. The standard InChI is InChI=1S/C14H15Cl2N3O/c1-9(2)5-6-19-14(13(8-20)17-18-19)10-3-4-11(15)12(16)7-10/h3-4,7-9H,5-6H2,1-2H3. The van der Waals surface area contributed by atoms with E-state index in [1.54, 1.807) is 16.8 Å². The Morgan fingerprint density at radius 1 is 1.30 bits per heavy atom. The molecule has 1 aromatic carbocycles. The summed E-state index contributed by atoms with van der Waals surface area (Å²) in [6.07, 6.45) is 1.66. The number of carbonyl (C=O) groups excluding carboxylic acids is 1. The molecule has 0 N–H and O–H groups in total. The summed E-state index contributed by atoms with van der Waals surface area (Å²) in [5, 5.41) is 8.88. The van der Waals surface area contributed by atoms with Crippen LogP contribution in [0.5, 0.6) is 0 Å². The first-order valence-electron chi connectivity index (χ1n) is 6.37. The Labute approximate surface area is 127 Å². The Bertz CT molecular complexity index is 623. The molecule has 0 spiro atoms. The summed E-state index contributed by atoms with van der Waals surface area (Å²) in [6.45, 7) is 4.97. The lowest BCUT2D eigenvalue weighted by atomic mass is 10.1. The average molecular weight is 312 g/mol. The highest BCUT2D eigenvalue weighted by Crippen LogP contribution is 2.29. The second-order valence-corrected chi connectivity index (χ2v) is 5.79. The molecule has 1 heterocycles. The summed E-state index contributed by atoms with van der Waals surface area (Å²) in [4.78, 5) is 11.1. The van der Waals surface area contributed by atoms with Crippen LogP contribution in [-0.4, -0.2) is 21.3 Å². The van der Waals surface area contributed by atoms with Crippen molar-refractivity contribution < 1.29 is 4.79 Å². The van der Waals surface area contributed by atoms with Crippen molar-refractivity contribution in [3.63, 3.8) is 0 Å². The first-order valence-corrected chi connectivity index (χ1v) is 7.12. The van der Waals surface area contributed by atoms with E-state index in [1.165, 1.54) is 0 Å². The first-order chi connectivity index (χ1) is 9.52. The lowest BCUT2D eigenvalue weighted by molar-refractivity contribution is 0.111. The zero-order valence-corrected chi connectivity index (χ0v) is 12.8. The fourth-order valence-corrected chi connectivity index (χ4v) is 2.18. The summed E-state index contributed by atoms with van der Waals surface area (Å²) in [5.74, 6) is 0.542. The first kappa shape index (κ1) is 15.0. The minimum Gasteiger partial charge on any atom is -0.296 e. The van der Waals surface area contributed by atoms with Crippen LogP contribution in [0.4, 0.5) is 0 Å². The molecular weight excluding hydrogens is 297 g/mol. The minimum absolute atomic E-state index is 0.312. The van der Waals surface area contributed by atoms with Crippen LogP contribution in [0.1, 0.15) is 30.8 Å². The number of carbonyl (C=O) groups is 1. The molecule has 0 atom stereocenters. The fraction of sp³-hybridized carbons (Fsp3) is 0.357. The monoisotopic (exact) mass is 311 g/mol. The Hall–Kier alpha value is -1.39. The van der Waals surface area contributed by atoms with Gasteiger partial charge in [0.1, 0.15) is 0 Å². The highest BCUT2D eigenvalue weighted by Gasteiger charge is 2.15. The number of nitrogens with zero attached hydrogens (tertiary/aromatic N) is 3. The van der Waals surface area contributed by atoms with Crippen molar-refractivity contribution in [1.82, 2.24) is 15.0 Å². The van der Waals surface area contributed by atoms with E-state index < -0.39 is 0 Å². The van der Waals surface area contributed by atoms with Crippen LogP contribution in [0, 0.1) is 5.92 Å². The summed E-state index contributed by atoms with van der Waals surface area (Å²) in [6, 6.07) is 5.24. The van der Waals surface area contributed by atoms with E-state index in [-0.39, 0.29) is 0 Å². The summed E-state index contributed by atoms with van der Waals surface area (Å²) < 4.78 is 1.74. The molecule has 2 rings (SSSR count). The third kappa shape index (κ3) is 3.19. The van der Waals surface area contributed by atoms with Crippen molar-refractivity contribution >= 4 is 29.5 Å². The van der Waals surface area contributed by atoms with E-state index in [2.05, 4.69) is 24.2 Å². The number of hydrogen-bond donors (Lipinski definition) is 0. The van der Waals surface area contributed by atoms with E-state index >= 15 is 0 Å². The summed E-state index contributed by atoms with van der Waals surface area (Å²) in [7, 11) is 0. The Balaban J connectivity index is 2.44. The summed E-state index contributed by atoms with van der Waals surface area (Å²) in [5.41, 5.74) is 1.78. The predicted molar refractivity (Wildman–Crippen MR) is 80.3 cm³/mol. The smallest absolute Gasteiger partial charge is 0.172 e. The minimum atomic E-state index is 0.312. The highest BCUT2D eigenvalue weighted by molar-refractivity contribution is 6.42. The van der Waals surface area contributed by atoms with Crippen LogP contribution in [0.2, 0.25) is 10.0 Å². The van der Waals surface area contributed by atoms with Crippen molar-refractivity contribution in [1.29, 1.82) is 0 Å². The maximum absolute atomic E-state index is 11.1. The van der Waals surface area contributed by atoms with Crippen molar-refractivity contribution in [2.24, 2.45) is 5.92 Å². The maximum Gasteiger partial charge on any atom is 0.172 e. The zero-order valence-electron chi connectivity index (χ0n) is 11.3. The normalized spacial score (nSPS) is 11.1. The largest absolute Gasteiger partial charge is 0.296 e. The van der Waals surface area contributed by atoms with Gasteiger partial charge in [-0.25, -0.2) is 4.68 Å². The van der Waals surface area contributed by atoms with Crippen LogP contribution in [0.15, 0.2) is 18.2 Å². The zero-order chi connectivity index (χ0) is 14.7. The molecule has 20 heavy (non-hydrogen) atoms. The molecule has 0 fully saturated rings. The number of hydrogen-bond acceptors (Lipinski definition) is 3. The number of aldehydes is 1. The predicted octanol–water partition coefficient (Wildman–Crippen LogP) is 4.11. The van der Waals surface area contributed by atoms with Gasteiger partial charge in [0, 0.05) is 12.1 Å². The van der Waals surface area contributed by atoms with Gasteiger partial charge in [-0.1, -0.05) is 48.3 Å². The van der Waals surface area contributed by atoms with Crippen molar-refractivity contribution in [3.8, 4) is 11.3 Å². The molecule has 0 radical (unpaired) electrons. The van der Waals surface area contributed by atoms with E-state index in [1.807, 2.05) is 6.07 Å². The van der Waals surface area contributed by atoms with E-state index in [0.29, 0.717) is 40.2 Å². The molecule has 6 heteroatoms. The molecule has 0 aliphatic carbocycles. The summed E-state index contributed by atoms with van der Waals surface area (Å²) >= 11 is 12.0. The van der Waals surface area contributed by atoms with Gasteiger partial charge in [0.05, 0.1) is 15.7 Å². The number of benzene rings is 1. The molecule has 0 saturated carbocycles. The quantitative estimate of drug-likeness (QED) is 0.781. The lowest BCUT2D eigenvalue weighted by Gasteiger charge is -2.09. The second kappa shape index (κ2) is 6.37. The van der Waals surface area contributed by atoms with Crippen LogP contribution in [0.25, 0.3) is 11.3 Å². The van der Waals surface area contributed by atoms with Gasteiger partial charge in [-0.05, 0) is 24.5 Å². The number of aromatic nitrogens is 3. The number of halogens is 2. The van der Waals surface area contributed by atoms with Gasteiger partial charge in [0.25, 0.3) is 0 Å². The van der Waals surface area contributed by atoms with Gasteiger partial charge in [-0.3, -0.25) is 4.79 Å². The molecule has 1 aromatic heterocycles. The number of aryl methyl sites for hydroxylation is 1. The van der Waals surface area contributed by atoms with Crippen molar-refractivity contribution in [2.75, 3.05) is 0 Å². The van der Waals surface area contributed by atoms with E-state index in [4.69, 9.17) is 23.2 Å². The molecule has 0 saturated heterocycles. The van der Waals surface area contributed by atoms with E-state index in [9.17, 15) is 4.79 Å². The molecule has 0 aliphatic heterocycles. The molecule has 0 unspecified atom stereocenters. The highest BCUT2D eigenvalue weighted by atomic mass is 35.5. The molecule has 106 valence electrons. The van der Waals surface area contributed by atoms with Gasteiger partial charge >= 0.3 is 0 Å². The fourth-order valence-electron chi connectivity index (χ4n) is 1.88. The molecule has 4 nitrogen and oxygen atoms in total. The van der Waals surface area contributed by atoms with Gasteiger partial charge in [-0.15, -0.1) is 5.10 Å². The van der Waals surface area contributed by atoms with Crippen molar-refractivity contribution in [3.05, 3.63) is 33.9 Å². The Kier molecular flexibility index (Phi) is 4.78. The van der Waals surface area contributed by atoms with E-state index in [0.717, 1.165) is 12.0 Å².